The predicted octanol–water partition coefficient (Wildman–Crippen LogP) is 3.74. The van der Waals surface area contributed by atoms with Gasteiger partial charge in [0.2, 0.25) is 5.95 Å². The summed E-state index contributed by atoms with van der Waals surface area (Å²) in [4.78, 5) is 15.6. The van der Waals surface area contributed by atoms with E-state index in [1.54, 1.807) is 12.4 Å². The first-order valence-corrected chi connectivity index (χ1v) is 10.9. The number of anilines is 3. The fourth-order valence-electron chi connectivity index (χ4n) is 3.69. The second-order valence-corrected chi connectivity index (χ2v) is 7.52. The Balaban J connectivity index is 1.50. The molecule has 0 saturated carbocycles. The summed E-state index contributed by atoms with van der Waals surface area (Å²) in [6, 6.07) is 13.6. The Labute approximate surface area is 188 Å². The third kappa shape index (κ3) is 4.95. The van der Waals surface area contributed by atoms with Crippen LogP contribution in [0, 0.1) is 11.3 Å². The first-order valence-electron chi connectivity index (χ1n) is 10.9. The van der Waals surface area contributed by atoms with E-state index in [0.29, 0.717) is 17.3 Å². The summed E-state index contributed by atoms with van der Waals surface area (Å²) in [6.45, 7) is 7.78. The lowest BCUT2D eigenvalue weighted by Crippen LogP contribution is -2.22. The van der Waals surface area contributed by atoms with Crippen LogP contribution in [0.3, 0.4) is 0 Å². The first kappa shape index (κ1) is 21.5. The Kier molecular flexibility index (Phi) is 6.78. The zero-order chi connectivity index (χ0) is 22.3. The van der Waals surface area contributed by atoms with Crippen molar-refractivity contribution in [2.24, 2.45) is 0 Å². The van der Waals surface area contributed by atoms with Crippen LogP contribution in [0.4, 0.5) is 17.5 Å². The molecular formula is C24H27N7O. The second kappa shape index (κ2) is 10.1. The molecule has 0 bridgehead atoms. The van der Waals surface area contributed by atoms with Crippen LogP contribution in [0.5, 0.6) is 5.75 Å². The van der Waals surface area contributed by atoms with Gasteiger partial charge in [0.05, 0.1) is 23.1 Å². The number of nitriles is 1. The number of pyridine rings is 1. The van der Waals surface area contributed by atoms with Crippen LogP contribution < -0.4 is 20.3 Å². The molecule has 2 N–H and O–H groups in total. The van der Waals surface area contributed by atoms with E-state index in [1.807, 2.05) is 36.4 Å². The summed E-state index contributed by atoms with van der Waals surface area (Å²) in [5, 5.41) is 16.1. The molecule has 1 unspecified atom stereocenters. The minimum atomic E-state index is 0.101. The van der Waals surface area contributed by atoms with E-state index in [4.69, 9.17) is 4.74 Å². The van der Waals surface area contributed by atoms with Crippen LogP contribution in [0.25, 0.3) is 11.3 Å². The van der Waals surface area contributed by atoms with E-state index in [9.17, 15) is 5.26 Å². The molecule has 8 heteroatoms. The van der Waals surface area contributed by atoms with Crippen molar-refractivity contribution < 1.29 is 4.74 Å². The van der Waals surface area contributed by atoms with E-state index in [1.165, 1.54) is 0 Å². The number of benzene rings is 1. The molecule has 0 spiro atoms. The molecule has 32 heavy (non-hydrogen) atoms. The normalized spacial score (nSPS) is 15.2. The van der Waals surface area contributed by atoms with E-state index in [2.05, 4.69) is 50.4 Å². The molecule has 4 rings (SSSR count). The lowest BCUT2D eigenvalue weighted by molar-refractivity contribution is 0.222. The third-order valence-corrected chi connectivity index (χ3v) is 5.45. The van der Waals surface area contributed by atoms with Crippen molar-refractivity contribution in [1.82, 2.24) is 20.3 Å². The summed E-state index contributed by atoms with van der Waals surface area (Å²) >= 11 is 0. The minimum absolute atomic E-state index is 0.101. The minimum Gasteiger partial charge on any atom is -0.488 e. The van der Waals surface area contributed by atoms with E-state index < -0.39 is 0 Å². The summed E-state index contributed by atoms with van der Waals surface area (Å²) in [7, 11) is 0. The van der Waals surface area contributed by atoms with Crippen LogP contribution >= 0.6 is 0 Å². The Morgan fingerprint density at radius 1 is 1.19 bits per heavy atom. The van der Waals surface area contributed by atoms with Crippen molar-refractivity contribution in [3.63, 3.8) is 0 Å². The second-order valence-electron chi connectivity index (χ2n) is 7.52. The number of hydrogen-bond acceptors (Lipinski definition) is 8. The number of hydrogen-bond donors (Lipinski definition) is 2. The number of nitrogens with zero attached hydrogens (tertiary/aromatic N) is 5. The number of nitrogens with one attached hydrogen (secondary N) is 2. The van der Waals surface area contributed by atoms with Crippen LogP contribution in [-0.4, -0.2) is 47.2 Å². The van der Waals surface area contributed by atoms with Crippen LogP contribution in [0.1, 0.15) is 25.8 Å². The van der Waals surface area contributed by atoms with Gasteiger partial charge in [-0.25, -0.2) is 15.0 Å². The van der Waals surface area contributed by atoms with Crippen molar-refractivity contribution in [3.05, 3.63) is 54.4 Å². The quantitative estimate of drug-likeness (QED) is 0.559. The van der Waals surface area contributed by atoms with Gasteiger partial charge in [-0.3, -0.25) is 0 Å². The Morgan fingerprint density at radius 3 is 2.75 bits per heavy atom. The standard InChI is InChI=1S/C24H27N7O/c1-3-31(4-2)23-8-6-19(15-28-23)29-24-27-12-10-21(30-24)17-5-7-22(18(13-17)14-25)32-20-9-11-26-16-20/h5-8,10,12-13,15,20,26H,3-4,9,11,16H2,1-2H3,(H,27,29,30). The predicted molar refractivity (Wildman–Crippen MR) is 125 cm³/mol. The molecule has 1 aliphatic rings. The molecule has 1 aliphatic heterocycles. The van der Waals surface area contributed by atoms with E-state index >= 15 is 0 Å². The molecule has 8 nitrogen and oxygen atoms in total. The first-order chi connectivity index (χ1) is 15.7. The zero-order valence-corrected chi connectivity index (χ0v) is 18.4. The van der Waals surface area contributed by atoms with Gasteiger partial charge in [0.1, 0.15) is 23.7 Å². The van der Waals surface area contributed by atoms with Crippen molar-refractivity contribution in [3.8, 4) is 23.1 Å². The monoisotopic (exact) mass is 429 g/mol. The zero-order valence-electron chi connectivity index (χ0n) is 18.4. The SMILES string of the molecule is CCN(CC)c1ccc(Nc2nccc(-c3ccc(OC4CCNC4)c(C#N)c3)n2)cn1. The fourth-order valence-corrected chi connectivity index (χ4v) is 3.69. The van der Waals surface area contributed by atoms with Crippen molar-refractivity contribution >= 4 is 17.5 Å². The summed E-state index contributed by atoms with van der Waals surface area (Å²) in [5.41, 5.74) is 2.86. The van der Waals surface area contributed by atoms with Gasteiger partial charge in [0.25, 0.3) is 0 Å². The maximum atomic E-state index is 9.61. The fraction of sp³-hybridized carbons (Fsp3) is 0.333. The van der Waals surface area contributed by atoms with Crippen molar-refractivity contribution in [1.29, 1.82) is 5.26 Å². The van der Waals surface area contributed by atoms with Crippen molar-refractivity contribution in [2.75, 3.05) is 36.4 Å². The average molecular weight is 430 g/mol. The highest BCUT2D eigenvalue weighted by atomic mass is 16.5. The van der Waals surface area contributed by atoms with Gasteiger partial charge < -0.3 is 20.3 Å². The van der Waals surface area contributed by atoms with Gasteiger partial charge in [-0.15, -0.1) is 0 Å². The summed E-state index contributed by atoms with van der Waals surface area (Å²) in [6.07, 6.45) is 4.52. The third-order valence-electron chi connectivity index (χ3n) is 5.45. The van der Waals surface area contributed by atoms with E-state index in [-0.39, 0.29) is 6.10 Å². The molecule has 0 aliphatic carbocycles. The molecule has 1 aromatic carbocycles. The molecule has 1 saturated heterocycles. The molecule has 2 aromatic heterocycles. The molecule has 3 aromatic rings. The number of rotatable bonds is 8. The van der Waals surface area contributed by atoms with Gasteiger partial charge in [-0.1, -0.05) is 0 Å². The molecule has 1 atom stereocenters. The smallest absolute Gasteiger partial charge is 0.227 e. The highest BCUT2D eigenvalue weighted by Gasteiger charge is 2.18. The van der Waals surface area contributed by atoms with Gasteiger partial charge in [-0.2, -0.15) is 5.26 Å². The summed E-state index contributed by atoms with van der Waals surface area (Å²) < 4.78 is 5.99. The van der Waals surface area contributed by atoms with Gasteiger partial charge in [0, 0.05) is 31.4 Å². The maximum absolute atomic E-state index is 9.61. The molecule has 3 heterocycles. The van der Waals surface area contributed by atoms with Crippen LogP contribution in [0.2, 0.25) is 0 Å². The largest absolute Gasteiger partial charge is 0.488 e. The number of ether oxygens (including phenoxy) is 1. The Bertz CT molecular complexity index is 1080. The maximum Gasteiger partial charge on any atom is 0.227 e. The molecule has 0 radical (unpaired) electrons. The molecule has 1 fully saturated rings. The highest BCUT2D eigenvalue weighted by Crippen LogP contribution is 2.27. The number of aromatic nitrogens is 3. The van der Waals surface area contributed by atoms with Crippen LogP contribution in [-0.2, 0) is 0 Å². The summed E-state index contributed by atoms with van der Waals surface area (Å²) in [5.74, 6) is 2.02. The van der Waals surface area contributed by atoms with Crippen molar-refractivity contribution in [2.45, 2.75) is 26.4 Å². The van der Waals surface area contributed by atoms with E-state index in [0.717, 1.165) is 55.4 Å². The topological polar surface area (TPSA) is 99.0 Å². The molecule has 0 amide bonds. The highest BCUT2D eigenvalue weighted by molar-refractivity contribution is 5.66. The van der Waals surface area contributed by atoms with Crippen LogP contribution in [0.15, 0.2) is 48.8 Å². The van der Waals surface area contributed by atoms with Gasteiger partial charge >= 0.3 is 0 Å². The lowest BCUT2D eigenvalue weighted by atomic mass is 10.1. The molecule has 164 valence electrons. The average Bonchev–Trinajstić information content (AvgIpc) is 3.34. The Morgan fingerprint density at radius 2 is 2.06 bits per heavy atom. The lowest BCUT2D eigenvalue weighted by Gasteiger charge is -2.19. The Hall–Kier alpha value is -3.70. The van der Waals surface area contributed by atoms with Gasteiger partial charge in [0.15, 0.2) is 0 Å². The van der Waals surface area contributed by atoms with Gasteiger partial charge in [-0.05, 0) is 63.2 Å². The molecular weight excluding hydrogens is 402 g/mol.